The van der Waals surface area contributed by atoms with Crippen LogP contribution in [0.5, 0.6) is 0 Å². The number of likely N-dealkylation sites (tertiary alicyclic amines) is 1. The number of likely N-dealkylation sites (N-methyl/N-ethyl adjacent to an activating group) is 1. The van der Waals surface area contributed by atoms with Crippen LogP contribution in [0, 0.1) is 5.92 Å². The molecule has 0 aromatic heterocycles. The number of hydrogen-bond donors (Lipinski definition) is 1. The number of halogens is 3. The molecule has 2 saturated heterocycles. The molecule has 2 fully saturated rings. The van der Waals surface area contributed by atoms with Crippen molar-refractivity contribution in [2.45, 2.75) is 24.9 Å². The lowest BCUT2D eigenvalue weighted by atomic mass is 9.96. The van der Waals surface area contributed by atoms with Gasteiger partial charge in [-0.25, -0.2) is 4.99 Å². The predicted molar refractivity (Wildman–Crippen MR) is 108 cm³/mol. The van der Waals surface area contributed by atoms with Crippen LogP contribution in [0.4, 0.5) is 13.2 Å². The lowest BCUT2D eigenvalue weighted by Gasteiger charge is -2.24. The minimum absolute atomic E-state index is 0.0151. The van der Waals surface area contributed by atoms with Crippen LogP contribution < -0.4 is 5.32 Å². The zero-order valence-corrected chi connectivity index (χ0v) is 17.4. The standard InChI is InChI=1S/C21H29F3N4O2/c1-27(2)19(29)12-26-20(25-11-15-7-9-30-14-15)28-8-6-17(13-28)16-4-3-5-18(10-16)21(22,23)24/h3-5,10,15,17H,6-9,11-14H2,1-2H3,(H,25,26). The summed E-state index contributed by atoms with van der Waals surface area (Å²) in [6.07, 6.45) is -2.64. The molecule has 1 aromatic carbocycles. The molecule has 0 bridgehead atoms. The van der Waals surface area contributed by atoms with Gasteiger partial charge in [0.2, 0.25) is 5.91 Å². The first-order valence-corrected chi connectivity index (χ1v) is 10.2. The van der Waals surface area contributed by atoms with Crippen LogP contribution in [0.1, 0.15) is 29.9 Å². The van der Waals surface area contributed by atoms with Gasteiger partial charge in [-0.3, -0.25) is 4.79 Å². The maximum atomic E-state index is 13.1. The average Bonchev–Trinajstić information content (AvgIpc) is 3.39. The Balaban J connectivity index is 1.69. The Bertz CT molecular complexity index is 761. The Labute approximate surface area is 175 Å². The van der Waals surface area contributed by atoms with Crippen LogP contribution in [-0.4, -0.2) is 75.2 Å². The van der Waals surface area contributed by atoms with Gasteiger partial charge in [-0.05, 0) is 24.5 Å². The molecule has 2 aliphatic rings. The summed E-state index contributed by atoms with van der Waals surface area (Å²) < 4.78 is 44.6. The fraction of sp³-hybridized carbons (Fsp3) is 0.619. The normalized spacial score (nSPS) is 22.4. The Hall–Kier alpha value is -2.29. The first-order chi connectivity index (χ1) is 14.2. The number of rotatable bonds is 5. The highest BCUT2D eigenvalue weighted by atomic mass is 19.4. The van der Waals surface area contributed by atoms with Crippen LogP contribution in [0.15, 0.2) is 29.3 Å². The van der Waals surface area contributed by atoms with Gasteiger partial charge in [0.25, 0.3) is 0 Å². The fourth-order valence-electron chi connectivity index (χ4n) is 3.73. The molecule has 166 valence electrons. The lowest BCUT2D eigenvalue weighted by Crippen LogP contribution is -2.43. The number of benzene rings is 1. The van der Waals surface area contributed by atoms with Crippen LogP contribution >= 0.6 is 0 Å². The van der Waals surface area contributed by atoms with E-state index in [4.69, 9.17) is 4.74 Å². The minimum Gasteiger partial charge on any atom is -0.381 e. The third kappa shape index (κ3) is 5.87. The highest BCUT2D eigenvalue weighted by Crippen LogP contribution is 2.33. The highest BCUT2D eigenvalue weighted by molar-refractivity contribution is 5.85. The molecule has 1 amide bonds. The van der Waals surface area contributed by atoms with Gasteiger partial charge in [-0.1, -0.05) is 18.2 Å². The summed E-state index contributed by atoms with van der Waals surface area (Å²) >= 11 is 0. The van der Waals surface area contributed by atoms with E-state index < -0.39 is 11.7 Å². The summed E-state index contributed by atoms with van der Waals surface area (Å²) in [6, 6.07) is 5.55. The summed E-state index contributed by atoms with van der Waals surface area (Å²) in [5, 5.41) is 3.35. The number of carbonyl (C=O) groups excluding carboxylic acids is 1. The topological polar surface area (TPSA) is 57.2 Å². The van der Waals surface area contributed by atoms with Crippen LogP contribution in [0.2, 0.25) is 0 Å². The van der Waals surface area contributed by atoms with Crippen LogP contribution in [-0.2, 0) is 15.7 Å². The third-order valence-electron chi connectivity index (χ3n) is 5.61. The van der Waals surface area contributed by atoms with Crippen LogP contribution in [0.3, 0.4) is 0 Å². The number of amides is 1. The second-order valence-electron chi connectivity index (χ2n) is 8.09. The number of ether oxygens (including phenoxy) is 1. The van der Waals surface area contributed by atoms with Gasteiger partial charge in [-0.2, -0.15) is 13.2 Å². The zero-order chi connectivity index (χ0) is 21.7. The van der Waals surface area contributed by atoms with E-state index in [0.29, 0.717) is 43.7 Å². The fourth-order valence-corrected chi connectivity index (χ4v) is 3.73. The van der Waals surface area contributed by atoms with E-state index in [1.807, 2.05) is 4.90 Å². The van der Waals surface area contributed by atoms with Crippen molar-refractivity contribution in [2.75, 3.05) is 53.5 Å². The third-order valence-corrected chi connectivity index (χ3v) is 5.61. The van der Waals surface area contributed by atoms with Gasteiger partial charge in [0.15, 0.2) is 5.96 Å². The molecule has 2 atom stereocenters. The monoisotopic (exact) mass is 426 g/mol. The number of nitrogens with zero attached hydrogens (tertiary/aromatic N) is 3. The van der Waals surface area contributed by atoms with Gasteiger partial charge in [-0.15, -0.1) is 0 Å². The molecule has 0 spiro atoms. The number of nitrogens with one attached hydrogen (secondary N) is 1. The summed E-state index contributed by atoms with van der Waals surface area (Å²) in [5.74, 6) is 0.902. The molecule has 30 heavy (non-hydrogen) atoms. The molecule has 6 nitrogen and oxygen atoms in total. The molecule has 0 saturated carbocycles. The van der Waals surface area contributed by atoms with Crippen molar-refractivity contribution in [3.05, 3.63) is 35.4 Å². The molecule has 0 aliphatic carbocycles. The smallest absolute Gasteiger partial charge is 0.381 e. The Kier molecular flexibility index (Phi) is 7.23. The molecule has 3 rings (SSSR count). The molecule has 2 heterocycles. The number of alkyl halides is 3. The van der Waals surface area contributed by atoms with E-state index in [-0.39, 0.29) is 18.4 Å². The van der Waals surface area contributed by atoms with Crippen molar-refractivity contribution in [1.82, 2.24) is 15.1 Å². The summed E-state index contributed by atoms with van der Waals surface area (Å²) in [7, 11) is 3.36. The first-order valence-electron chi connectivity index (χ1n) is 10.2. The van der Waals surface area contributed by atoms with Gasteiger partial charge in [0.1, 0.15) is 6.54 Å². The maximum Gasteiger partial charge on any atom is 0.416 e. The second-order valence-corrected chi connectivity index (χ2v) is 8.09. The summed E-state index contributed by atoms with van der Waals surface area (Å²) in [6.45, 7) is 3.40. The SMILES string of the molecule is CN(C)C(=O)CN=C(NCC1CCOC1)N1CCC(c2cccc(C(F)(F)F)c2)C1. The number of hydrogen-bond acceptors (Lipinski definition) is 3. The van der Waals surface area contributed by atoms with E-state index in [1.165, 1.54) is 17.0 Å². The molecular formula is C21H29F3N4O2. The second kappa shape index (κ2) is 9.68. The van der Waals surface area contributed by atoms with Crippen molar-refractivity contribution in [2.24, 2.45) is 10.9 Å². The molecule has 2 aliphatic heterocycles. The lowest BCUT2D eigenvalue weighted by molar-refractivity contribution is -0.137. The van der Waals surface area contributed by atoms with Crippen LogP contribution in [0.25, 0.3) is 0 Å². The van der Waals surface area contributed by atoms with E-state index in [0.717, 1.165) is 25.5 Å². The molecule has 1 aromatic rings. The predicted octanol–water partition coefficient (Wildman–Crippen LogP) is 2.57. The highest BCUT2D eigenvalue weighted by Gasteiger charge is 2.32. The minimum atomic E-state index is -4.35. The van der Waals surface area contributed by atoms with Crippen molar-refractivity contribution in [3.8, 4) is 0 Å². The molecule has 2 unspecified atom stereocenters. The molecule has 0 radical (unpaired) electrons. The van der Waals surface area contributed by atoms with E-state index in [9.17, 15) is 18.0 Å². The molecule has 9 heteroatoms. The Morgan fingerprint density at radius 1 is 1.33 bits per heavy atom. The van der Waals surface area contributed by atoms with Gasteiger partial charge < -0.3 is 19.9 Å². The van der Waals surface area contributed by atoms with E-state index in [1.54, 1.807) is 20.2 Å². The van der Waals surface area contributed by atoms with Gasteiger partial charge in [0, 0.05) is 52.2 Å². The largest absolute Gasteiger partial charge is 0.416 e. The summed E-state index contributed by atoms with van der Waals surface area (Å²) in [5.41, 5.74) is 0.0588. The number of guanidine groups is 1. The van der Waals surface area contributed by atoms with Crippen molar-refractivity contribution in [1.29, 1.82) is 0 Å². The van der Waals surface area contributed by atoms with Gasteiger partial charge in [0.05, 0.1) is 12.2 Å². The summed E-state index contributed by atoms with van der Waals surface area (Å²) in [4.78, 5) is 20.0. The number of aliphatic imine (C=N–C) groups is 1. The van der Waals surface area contributed by atoms with E-state index in [2.05, 4.69) is 10.3 Å². The number of carbonyl (C=O) groups is 1. The molecular weight excluding hydrogens is 397 g/mol. The Morgan fingerprint density at radius 2 is 2.13 bits per heavy atom. The first kappa shape index (κ1) is 22.4. The maximum absolute atomic E-state index is 13.1. The zero-order valence-electron chi connectivity index (χ0n) is 17.4. The molecule has 1 N–H and O–H groups in total. The van der Waals surface area contributed by atoms with E-state index >= 15 is 0 Å². The van der Waals surface area contributed by atoms with Gasteiger partial charge >= 0.3 is 6.18 Å². The Morgan fingerprint density at radius 3 is 2.80 bits per heavy atom. The van der Waals surface area contributed by atoms with Crippen molar-refractivity contribution in [3.63, 3.8) is 0 Å². The van der Waals surface area contributed by atoms with Crippen molar-refractivity contribution >= 4 is 11.9 Å². The average molecular weight is 426 g/mol. The quantitative estimate of drug-likeness (QED) is 0.581. The van der Waals surface area contributed by atoms with Crippen molar-refractivity contribution < 1.29 is 22.7 Å².